The van der Waals surface area contributed by atoms with Crippen molar-refractivity contribution in [3.05, 3.63) is 76.6 Å². The molecule has 0 radical (unpaired) electrons. The number of hydrogen-bond acceptors (Lipinski definition) is 4. The largest absolute Gasteiger partial charge is 0.325 e. The molecule has 0 amide bonds. The standard InChI is InChI=1S/C18H15N5S/c1-13-10-17(20)23(24-13)18(21-15-7-3-2-4-8-15)22-16-9-5-6-14(11-16)12-19/h2-11,20H,1H3,(H,21,22). The van der Waals surface area contributed by atoms with E-state index in [1.807, 2.05) is 49.4 Å². The average molecular weight is 333 g/mol. The van der Waals surface area contributed by atoms with Crippen molar-refractivity contribution in [2.75, 3.05) is 5.32 Å². The van der Waals surface area contributed by atoms with Crippen LogP contribution in [0.1, 0.15) is 10.4 Å². The molecule has 3 rings (SSSR count). The van der Waals surface area contributed by atoms with Gasteiger partial charge in [0, 0.05) is 10.6 Å². The summed E-state index contributed by atoms with van der Waals surface area (Å²) >= 11 is 1.44. The molecule has 5 nitrogen and oxygen atoms in total. The normalized spacial score (nSPS) is 11.1. The zero-order valence-corrected chi connectivity index (χ0v) is 13.8. The Morgan fingerprint density at radius 1 is 1.17 bits per heavy atom. The molecule has 3 aromatic rings. The van der Waals surface area contributed by atoms with Gasteiger partial charge in [-0.3, -0.25) is 5.41 Å². The molecular weight excluding hydrogens is 318 g/mol. The molecule has 2 aromatic carbocycles. The molecule has 0 fully saturated rings. The van der Waals surface area contributed by atoms with Crippen LogP contribution in [-0.4, -0.2) is 9.92 Å². The van der Waals surface area contributed by atoms with Gasteiger partial charge in [-0.25, -0.2) is 8.95 Å². The van der Waals surface area contributed by atoms with Gasteiger partial charge < -0.3 is 5.32 Å². The number of aromatic nitrogens is 1. The minimum absolute atomic E-state index is 0.358. The SMILES string of the molecule is Cc1cc(=N)n(C(=Nc2ccccc2)Nc2cccc(C#N)c2)s1. The van der Waals surface area contributed by atoms with Crippen molar-refractivity contribution in [1.82, 2.24) is 3.96 Å². The van der Waals surface area contributed by atoms with Crippen LogP contribution in [0.2, 0.25) is 0 Å². The van der Waals surface area contributed by atoms with Crippen LogP contribution in [0.25, 0.3) is 0 Å². The zero-order chi connectivity index (χ0) is 16.9. The predicted octanol–water partition coefficient (Wildman–Crippen LogP) is 3.86. The van der Waals surface area contributed by atoms with Gasteiger partial charge in [0.2, 0.25) is 5.96 Å². The minimum Gasteiger partial charge on any atom is -0.325 e. The molecule has 0 saturated carbocycles. The van der Waals surface area contributed by atoms with Crippen LogP contribution < -0.4 is 10.8 Å². The summed E-state index contributed by atoms with van der Waals surface area (Å²) in [6.45, 7) is 1.95. The van der Waals surface area contributed by atoms with E-state index in [2.05, 4.69) is 16.4 Å². The van der Waals surface area contributed by atoms with Crippen molar-refractivity contribution in [3.8, 4) is 6.07 Å². The first-order valence-electron chi connectivity index (χ1n) is 7.31. The summed E-state index contributed by atoms with van der Waals surface area (Å²) in [6, 6.07) is 20.7. The Balaban J connectivity index is 2.05. The van der Waals surface area contributed by atoms with Crippen molar-refractivity contribution in [1.29, 1.82) is 10.7 Å². The molecule has 0 unspecified atom stereocenters. The fraction of sp³-hybridized carbons (Fsp3) is 0.0556. The third-order valence-electron chi connectivity index (χ3n) is 3.23. The highest BCUT2D eigenvalue weighted by molar-refractivity contribution is 7.07. The lowest BCUT2D eigenvalue weighted by Crippen LogP contribution is -2.28. The molecule has 0 aliphatic rings. The summed E-state index contributed by atoms with van der Waals surface area (Å²) in [4.78, 5) is 5.65. The van der Waals surface area contributed by atoms with Gasteiger partial charge in [0.25, 0.3) is 0 Å². The Morgan fingerprint density at radius 3 is 2.62 bits per heavy atom. The maximum atomic E-state index is 9.05. The maximum absolute atomic E-state index is 9.05. The van der Waals surface area contributed by atoms with Gasteiger partial charge in [-0.2, -0.15) is 5.26 Å². The average Bonchev–Trinajstić information content (AvgIpc) is 2.94. The van der Waals surface area contributed by atoms with Gasteiger partial charge in [0.1, 0.15) is 5.49 Å². The first-order chi connectivity index (χ1) is 11.7. The number of aliphatic imine (C=N–C) groups is 1. The molecule has 6 heteroatoms. The van der Waals surface area contributed by atoms with Gasteiger partial charge in [0.05, 0.1) is 17.3 Å². The van der Waals surface area contributed by atoms with Crippen molar-refractivity contribution in [2.45, 2.75) is 6.92 Å². The molecule has 0 saturated heterocycles. The number of nitrogens with zero attached hydrogens (tertiary/aromatic N) is 3. The Labute approximate surface area is 143 Å². The molecule has 1 heterocycles. The Kier molecular flexibility index (Phi) is 4.54. The molecule has 0 aliphatic carbocycles. The summed E-state index contributed by atoms with van der Waals surface area (Å²) in [7, 11) is 0. The monoisotopic (exact) mass is 333 g/mol. The van der Waals surface area contributed by atoms with Crippen LogP contribution >= 0.6 is 11.5 Å². The number of hydrogen-bond donors (Lipinski definition) is 2. The summed E-state index contributed by atoms with van der Waals surface area (Å²) in [5.74, 6) is 0.527. The van der Waals surface area contributed by atoms with Crippen LogP contribution in [0.15, 0.2) is 65.7 Å². The second-order valence-electron chi connectivity index (χ2n) is 5.11. The van der Waals surface area contributed by atoms with E-state index in [1.165, 1.54) is 11.5 Å². The van der Waals surface area contributed by atoms with Crippen molar-refractivity contribution >= 4 is 28.9 Å². The van der Waals surface area contributed by atoms with Crippen molar-refractivity contribution in [2.24, 2.45) is 4.99 Å². The summed E-state index contributed by atoms with van der Waals surface area (Å²) in [6.07, 6.45) is 0. The number of nitrogens with one attached hydrogen (secondary N) is 2. The van der Waals surface area contributed by atoms with Crippen LogP contribution in [-0.2, 0) is 0 Å². The number of rotatable bonds is 2. The second kappa shape index (κ2) is 6.94. The Hall–Kier alpha value is -3.17. The van der Waals surface area contributed by atoms with Crippen LogP contribution in [0.5, 0.6) is 0 Å². The van der Waals surface area contributed by atoms with Crippen molar-refractivity contribution in [3.63, 3.8) is 0 Å². The van der Waals surface area contributed by atoms with E-state index >= 15 is 0 Å². The van der Waals surface area contributed by atoms with Crippen molar-refractivity contribution < 1.29 is 0 Å². The lowest BCUT2D eigenvalue weighted by Gasteiger charge is -2.10. The number of aryl methyl sites for hydroxylation is 1. The minimum atomic E-state index is 0.358. The second-order valence-corrected chi connectivity index (χ2v) is 6.31. The smallest absolute Gasteiger partial charge is 0.223 e. The number of nitriles is 1. The van der Waals surface area contributed by atoms with Crippen LogP contribution in [0.4, 0.5) is 11.4 Å². The molecule has 0 spiro atoms. The van der Waals surface area contributed by atoms with E-state index in [4.69, 9.17) is 10.7 Å². The van der Waals surface area contributed by atoms with E-state index in [9.17, 15) is 0 Å². The molecular formula is C18H15N5S. The zero-order valence-electron chi connectivity index (χ0n) is 13.0. The van der Waals surface area contributed by atoms with Gasteiger partial charge >= 0.3 is 0 Å². The van der Waals surface area contributed by atoms with E-state index in [0.717, 1.165) is 16.3 Å². The van der Waals surface area contributed by atoms with E-state index < -0.39 is 0 Å². The molecule has 24 heavy (non-hydrogen) atoms. The number of benzene rings is 2. The molecule has 0 bridgehead atoms. The van der Waals surface area contributed by atoms with Crippen LogP contribution in [0, 0.1) is 23.7 Å². The van der Waals surface area contributed by atoms with Gasteiger partial charge in [-0.15, -0.1) is 0 Å². The maximum Gasteiger partial charge on any atom is 0.223 e. The highest BCUT2D eigenvalue weighted by atomic mass is 32.1. The summed E-state index contributed by atoms with van der Waals surface area (Å²) in [5, 5.41) is 20.4. The lowest BCUT2D eigenvalue weighted by atomic mass is 10.2. The number of para-hydroxylation sites is 1. The Morgan fingerprint density at radius 2 is 1.96 bits per heavy atom. The molecule has 2 N–H and O–H groups in total. The van der Waals surface area contributed by atoms with Gasteiger partial charge in [-0.1, -0.05) is 35.8 Å². The highest BCUT2D eigenvalue weighted by Gasteiger charge is 2.08. The molecule has 118 valence electrons. The quantitative estimate of drug-likeness (QED) is 0.552. The van der Waals surface area contributed by atoms with E-state index in [0.29, 0.717) is 17.0 Å². The fourth-order valence-corrected chi connectivity index (χ4v) is 2.95. The van der Waals surface area contributed by atoms with E-state index in [1.54, 1.807) is 22.2 Å². The molecule has 0 atom stereocenters. The van der Waals surface area contributed by atoms with Gasteiger partial charge in [-0.05, 0) is 43.3 Å². The Bertz CT molecular complexity index is 976. The third kappa shape index (κ3) is 3.59. The third-order valence-corrected chi connectivity index (χ3v) is 4.18. The highest BCUT2D eigenvalue weighted by Crippen LogP contribution is 2.15. The molecule has 1 aromatic heterocycles. The summed E-state index contributed by atoms with van der Waals surface area (Å²) in [5.41, 5.74) is 2.46. The first-order valence-corrected chi connectivity index (χ1v) is 8.09. The van der Waals surface area contributed by atoms with E-state index in [-0.39, 0.29) is 0 Å². The summed E-state index contributed by atoms with van der Waals surface area (Å²) < 4.78 is 1.72. The number of anilines is 1. The topological polar surface area (TPSA) is 77.0 Å². The predicted molar refractivity (Wildman–Crippen MR) is 96.6 cm³/mol. The molecule has 0 aliphatic heterocycles. The first kappa shape index (κ1) is 15.7. The van der Waals surface area contributed by atoms with Gasteiger partial charge in [0.15, 0.2) is 0 Å². The van der Waals surface area contributed by atoms with Crippen LogP contribution in [0.3, 0.4) is 0 Å². The fourth-order valence-electron chi connectivity index (χ4n) is 2.17. The lowest BCUT2D eigenvalue weighted by molar-refractivity contribution is 1.07.